The molecule has 0 saturated carbocycles. The van der Waals surface area contributed by atoms with Crippen molar-refractivity contribution in [2.24, 2.45) is 0 Å². The van der Waals surface area contributed by atoms with E-state index in [0.29, 0.717) is 11.5 Å². The third-order valence-electron chi connectivity index (χ3n) is 3.70. The fourth-order valence-corrected chi connectivity index (χ4v) is 2.41. The number of amides is 1. The van der Waals surface area contributed by atoms with Crippen LogP contribution in [0.1, 0.15) is 5.56 Å². The minimum absolute atomic E-state index is 0.101. The van der Waals surface area contributed by atoms with Gasteiger partial charge in [0.2, 0.25) is 0 Å². The molecule has 0 fully saturated rings. The van der Waals surface area contributed by atoms with Gasteiger partial charge in [-0.15, -0.1) is 0 Å². The van der Waals surface area contributed by atoms with Crippen LogP contribution in [0.25, 0.3) is 10.8 Å². The van der Waals surface area contributed by atoms with Gasteiger partial charge in [0.25, 0.3) is 5.91 Å². The number of fused-ring (bicyclic) bond motifs is 1. The van der Waals surface area contributed by atoms with Crippen LogP contribution in [0.2, 0.25) is 0 Å². The summed E-state index contributed by atoms with van der Waals surface area (Å²) in [6.07, 6.45) is 3.47. The van der Waals surface area contributed by atoms with Gasteiger partial charge in [-0.2, -0.15) is 0 Å². The van der Waals surface area contributed by atoms with Crippen molar-refractivity contribution in [3.8, 4) is 11.5 Å². The van der Waals surface area contributed by atoms with Gasteiger partial charge >= 0.3 is 0 Å². The van der Waals surface area contributed by atoms with Gasteiger partial charge in [-0.1, -0.05) is 18.2 Å². The fraction of sp³-hybridized carbons (Fsp3) is 0.158. The highest BCUT2D eigenvalue weighted by Gasteiger charge is 2.10. The molecule has 0 saturated heterocycles. The molecule has 2 aromatic carbocycles. The minimum Gasteiger partial charge on any atom is -0.493 e. The smallest absolute Gasteiger partial charge is 0.262 e. The molecule has 1 amide bonds. The summed E-state index contributed by atoms with van der Waals surface area (Å²) in [5, 5.41) is 4.76. The molecule has 0 aliphatic carbocycles. The van der Waals surface area contributed by atoms with E-state index >= 15 is 0 Å². The third-order valence-corrected chi connectivity index (χ3v) is 3.70. The number of rotatable bonds is 5. The number of carbonyl (C=O) groups is 1. The molecule has 5 heteroatoms. The third kappa shape index (κ3) is 3.46. The number of pyridine rings is 1. The van der Waals surface area contributed by atoms with E-state index in [1.807, 2.05) is 49.4 Å². The number of aryl methyl sites for hydroxylation is 1. The van der Waals surface area contributed by atoms with Crippen molar-refractivity contribution in [2.45, 2.75) is 6.92 Å². The van der Waals surface area contributed by atoms with Crippen molar-refractivity contribution in [2.75, 3.05) is 19.0 Å². The van der Waals surface area contributed by atoms with Gasteiger partial charge in [-0.05, 0) is 42.1 Å². The van der Waals surface area contributed by atoms with Crippen molar-refractivity contribution in [3.63, 3.8) is 0 Å². The van der Waals surface area contributed by atoms with Gasteiger partial charge < -0.3 is 14.8 Å². The summed E-state index contributed by atoms with van der Waals surface area (Å²) in [6.45, 7) is 1.84. The second-order valence-electron chi connectivity index (χ2n) is 5.38. The van der Waals surface area contributed by atoms with Gasteiger partial charge in [-0.3, -0.25) is 9.78 Å². The van der Waals surface area contributed by atoms with Crippen molar-refractivity contribution in [3.05, 3.63) is 60.4 Å². The number of nitrogens with zero attached hydrogens (tertiary/aromatic N) is 1. The van der Waals surface area contributed by atoms with Crippen molar-refractivity contribution >= 4 is 22.4 Å². The summed E-state index contributed by atoms with van der Waals surface area (Å²) < 4.78 is 11.0. The average Bonchev–Trinajstić information content (AvgIpc) is 2.61. The molecule has 1 heterocycles. The first kappa shape index (κ1) is 15.8. The first-order valence-electron chi connectivity index (χ1n) is 7.57. The second kappa shape index (κ2) is 7.00. The first-order valence-corrected chi connectivity index (χ1v) is 7.57. The molecular weight excluding hydrogens is 304 g/mol. The second-order valence-corrected chi connectivity index (χ2v) is 5.38. The molecule has 5 nitrogen and oxygen atoms in total. The van der Waals surface area contributed by atoms with Gasteiger partial charge in [-0.25, -0.2) is 0 Å². The molecule has 0 spiro atoms. The minimum atomic E-state index is -0.224. The number of anilines is 1. The van der Waals surface area contributed by atoms with Crippen LogP contribution in [-0.4, -0.2) is 24.6 Å². The molecule has 0 aliphatic rings. The van der Waals surface area contributed by atoms with Crippen LogP contribution in [0.5, 0.6) is 11.5 Å². The topological polar surface area (TPSA) is 60.5 Å². The molecule has 1 N–H and O–H groups in total. The number of carbonyl (C=O) groups excluding carboxylic acids is 1. The van der Waals surface area contributed by atoms with E-state index in [1.54, 1.807) is 19.5 Å². The summed E-state index contributed by atoms with van der Waals surface area (Å²) in [5.74, 6) is 0.868. The van der Waals surface area contributed by atoms with E-state index in [-0.39, 0.29) is 12.5 Å². The maximum Gasteiger partial charge on any atom is 0.262 e. The molecule has 0 bridgehead atoms. The Morgan fingerprint density at radius 1 is 1.12 bits per heavy atom. The van der Waals surface area contributed by atoms with Crippen molar-refractivity contribution < 1.29 is 14.3 Å². The lowest BCUT2D eigenvalue weighted by molar-refractivity contribution is -0.118. The predicted molar refractivity (Wildman–Crippen MR) is 93.6 cm³/mol. The highest BCUT2D eigenvalue weighted by Crippen LogP contribution is 2.31. The largest absolute Gasteiger partial charge is 0.493 e. The van der Waals surface area contributed by atoms with Crippen LogP contribution in [0, 0.1) is 6.92 Å². The zero-order chi connectivity index (χ0) is 16.9. The lowest BCUT2D eigenvalue weighted by Crippen LogP contribution is -2.20. The van der Waals surface area contributed by atoms with Crippen molar-refractivity contribution in [1.29, 1.82) is 0 Å². The summed E-state index contributed by atoms with van der Waals surface area (Å²) in [4.78, 5) is 16.2. The Balaban J connectivity index is 1.73. The Labute approximate surface area is 140 Å². The van der Waals surface area contributed by atoms with Crippen LogP contribution in [-0.2, 0) is 4.79 Å². The number of nitrogens with one attached hydrogen (secondary N) is 1. The van der Waals surface area contributed by atoms with E-state index in [9.17, 15) is 4.79 Å². The number of ether oxygens (including phenoxy) is 2. The summed E-state index contributed by atoms with van der Waals surface area (Å²) in [6, 6.07) is 13.2. The Morgan fingerprint density at radius 2 is 1.92 bits per heavy atom. The van der Waals surface area contributed by atoms with Crippen LogP contribution in [0.3, 0.4) is 0 Å². The number of benzene rings is 2. The zero-order valence-electron chi connectivity index (χ0n) is 13.6. The number of methoxy groups -OCH3 is 1. The van der Waals surface area contributed by atoms with E-state index in [1.165, 1.54) is 0 Å². The van der Waals surface area contributed by atoms with Crippen LogP contribution in [0.15, 0.2) is 54.9 Å². The van der Waals surface area contributed by atoms with Gasteiger partial charge in [0.15, 0.2) is 18.1 Å². The molecular formula is C19H18N2O3. The number of hydrogen-bond donors (Lipinski definition) is 1. The highest BCUT2D eigenvalue weighted by molar-refractivity contribution is 5.92. The zero-order valence-corrected chi connectivity index (χ0v) is 13.6. The molecule has 24 heavy (non-hydrogen) atoms. The normalized spacial score (nSPS) is 10.4. The summed E-state index contributed by atoms with van der Waals surface area (Å²) >= 11 is 0. The highest BCUT2D eigenvalue weighted by atomic mass is 16.5. The van der Waals surface area contributed by atoms with E-state index in [4.69, 9.17) is 9.47 Å². The van der Waals surface area contributed by atoms with Gasteiger partial charge in [0.05, 0.1) is 7.11 Å². The Hall–Kier alpha value is -3.08. The predicted octanol–water partition coefficient (Wildman–Crippen LogP) is 3.57. The SMILES string of the molecule is COc1cc2ccncc2cc1OCC(=O)Nc1ccccc1C. The lowest BCUT2D eigenvalue weighted by Gasteiger charge is -2.12. The molecule has 3 aromatic rings. The van der Waals surface area contributed by atoms with E-state index in [0.717, 1.165) is 22.0 Å². The number of hydrogen-bond acceptors (Lipinski definition) is 4. The van der Waals surface area contributed by atoms with Gasteiger partial charge in [0, 0.05) is 23.5 Å². The molecule has 1 aromatic heterocycles. The number of aromatic nitrogens is 1. The lowest BCUT2D eigenvalue weighted by atomic mass is 10.1. The summed E-state index contributed by atoms with van der Waals surface area (Å²) in [5.41, 5.74) is 1.78. The monoisotopic (exact) mass is 322 g/mol. The Morgan fingerprint density at radius 3 is 2.71 bits per heavy atom. The fourth-order valence-electron chi connectivity index (χ4n) is 2.41. The molecule has 0 radical (unpaired) electrons. The molecule has 0 atom stereocenters. The summed E-state index contributed by atoms with van der Waals surface area (Å²) in [7, 11) is 1.57. The quantitative estimate of drug-likeness (QED) is 0.780. The van der Waals surface area contributed by atoms with E-state index in [2.05, 4.69) is 10.3 Å². The van der Waals surface area contributed by atoms with Crippen molar-refractivity contribution in [1.82, 2.24) is 4.98 Å². The van der Waals surface area contributed by atoms with Crippen LogP contribution in [0.4, 0.5) is 5.69 Å². The van der Waals surface area contributed by atoms with E-state index < -0.39 is 0 Å². The van der Waals surface area contributed by atoms with Crippen LogP contribution >= 0.6 is 0 Å². The first-order chi connectivity index (χ1) is 11.7. The van der Waals surface area contributed by atoms with Crippen LogP contribution < -0.4 is 14.8 Å². The maximum absolute atomic E-state index is 12.1. The Bertz CT molecular complexity index is 877. The standard InChI is InChI=1S/C19H18N2O3/c1-13-5-3-4-6-16(13)21-19(22)12-24-18-10-15-11-20-8-7-14(15)9-17(18)23-2/h3-11H,12H2,1-2H3,(H,21,22). The average molecular weight is 322 g/mol. The molecule has 0 unspecified atom stereocenters. The van der Waals surface area contributed by atoms with Gasteiger partial charge in [0.1, 0.15) is 0 Å². The molecule has 0 aliphatic heterocycles. The maximum atomic E-state index is 12.1. The molecule has 122 valence electrons. The number of para-hydroxylation sites is 1. The molecule has 3 rings (SSSR count). The Kier molecular flexibility index (Phi) is 4.61.